The van der Waals surface area contributed by atoms with E-state index in [4.69, 9.17) is 13.8 Å². The van der Waals surface area contributed by atoms with Crippen LogP contribution in [-0.2, 0) is 0 Å². The van der Waals surface area contributed by atoms with Crippen molar-refractivity contribution >= 4 is 87.5 Å². The lowest BCUT2D eigenvalue weighted by Crippen LogP contribution is -1.94. The molecule has 0 radical (unpaired) electrons. The highest BCUT2D eigenvalue weighted by molar-refractivity contribution is 6.16. The highest BCUT2D eigenvalue weighted by Crippen LogP contribution is 2.44. The molecule has 8 aromatic heterocycles. The van der Waals surface area contributed by atoms with Crippen molar-refractivity contribution in [2.45, 2.75) is 0 Å². The quantitative estimate of drug-likeness (QED) is 0.158. The first kappa shape index (κ1) is 42.1. The summed E-state index contributed by atoms with van der Waals surface area (Å²) in [6.45, 7) is 0. The fourth-order valence-electron chi connectivity index (χ4n) is 11.8. The van der Waals surface area contributed by atoms with Gasteiger partial charge in [-0.05, 0) is 130 Å². The molecule has 8 nitrogen and oxygen atoms in total. The molecule has 16 aromatic rings. The minimum absolute atomic E-state index is 0.824. The topological polar surface area (TPSA) is 87.7 Å². The highest BCUT2D eigenvalue weighted by Gasteiger charge is 2.22. The van der Waals surface area contributed by atoms with Crippen molar-refractivity contribution in [1.82, 2.24) is 29.1 Å². The standard InChI is InChI=1S/C68H40N6O2/c1-3-13-47(57-17-5-7-31-71-57)45(11-1)43-22-26-60-52(37-43)56-40-70-34-30-62(56)74(60)63-19-9-15-49-53-36-42(23-27-65(53)75-67(49)63)41-21-25-59-51(35-41)55-39-69-33-29-61(55)73(59)64-20-10-16-50-54-38-44(24-28-66(54)76-68(50)64)46-12-2-4-14-48(46)58-18-6-8-32-72-58/h1-40H. The Labute approximate surface area is 434 Å². The normalized spacial score (nSPS) is 11.9. The van der Waals surface area contributed by atoms with E-state index >= 15 is 0 Å². The molecule has 0 fully saturated rings. The van der Waals surface area contributed by atoms with Crippen molar-refractivity contribution in [3.05, 3.63) is 243 Å². The predicted molar refractivity (Wildman–Crippen MR) is 308 cm³/mol. The van der Waals surface area contributed by atoms with Gasteiger partial charge in [-0.3, -0.25) is 19.9 Å². The van der Waals surface area contributed by atoms with E-state index in [0.29, 0.717) is 0 Å². The summed E-state index contributed by atoms with van der Waals surface area (Å²) < 4.78 is 18.3. The molecule has 0 atom stereocenters. The second kappa shape index (κ2) is 16.5. The molecule has 8 heteroatoms. The maximum absolute atomic E-state index is 6.88. The van der Waals surface area contributed by atoms with E-state index in [-0.39, 0.29) is 0 Å². The van der Waals surface area contributed by atoms with E-state index in [1.807, 2.05) is 61.4 Å². The summed E-state index contributed by atoms with van der Waals surface area (Å²) in [4.78, 5) is 18.6. The van der Waals surface area contributed by atoms with Crippen LogP contribution < -0.4 is 0 Å². The Balaban J connectivity index is 0.798. The number of pyridine rings is 4. The molecule has 0 spiro atoms. The second-order valence-electron chi connectivity index (χ2n) is 19.4. The molecule has 0 aliphatic rings. The van der Waals surface area contributed by atoms with Gasteiger partial charge in [-0.2, -0.15) is 0 Å². The van der Waals surface area contributed by atoms with Crippen molar-refractivity contribution in [3.63, 3.8) is 0 Å². The number of fused-ring (bicyclic) bond motifs is 12. The fourth-order valence-corrected chi connectivity index (χ4v) is 11.8. The average Bonchev–Trinajstić information content (AvgIpc) is 4.32. The van der Waals surface area contributed by atoms with E-state index in [2.05, 4.69) is 206 Å². The molecule has 76 heavy (non-hydrogen) atoms. The largest absolute Gasteiger partial charge is 0.454 e. The zero-order valence-electron chi connectivity index (χ0n) is 40.6. The summed E-state index contributed by atoms with van der Waals surface area (Å²) in [5, 5.41) is 8.55. The van der Waals surface area contributed by atoms with E-state index in [0.717, 1.165) is 155 Å². The number of hydrogen-bond donors (Lipinski definition) is 0. The van der Waals surface area contributed by atoms with Crippen LogP contribution in [0.3, 0.4) is 0 Å². The lowest BCUT2D eigenvalue weighted by Gasteiger charge is -2.11. The third-order valence-electron chi connectivity index (χ3n) is 15.3. The SMILES string of the molecule is c1ccc(-c2ccccc2-c2ccc3oc4c(-n5c6ccncc6c6cc(-c7ccc8oc9c(-n%10c%11ccncc%11c%11cc(-c%12ccccc%12-c%12ccccn%12)ccc%11%10)cccc9c8c7)ccc65)cccc4c3c2)nc1. The molecule has 0 saturated carbocycles. The number of aromatic nitrogens is 6. The van der Waals surface area contributed by atoms with Crippen LogP contribution in [0.25, 0.3) is 155 Å². The molecule has 0 unspecified atom stereocenters. The van der Waals surface area contributed by atoms with E-state index in [1.165, 1.54) is 0 Å². The van der Waals surface area contributed by atoms with Gasteiger partial charge in [0.05, 0.1) is 44.8 Å². The summed E-state index contributed by atoms with van der Waals surface area (Å²) in [7, 11) is 0. The van der Waals surface area contributed by atoms with E-state index < -0.39 is 0 Å². The predicted octanol–water partition coefficient (Wildman–Crippen LogP) is 17.6. The molecule has 0 aliphatic heterocycles. The van der Waals surface area contributed by atoms with Crippen LogP contribution in [0.5, 0.6) is 0 Å². The van der Waals surface area contributed by atoms with Gasteiger partial charge >= 0.3 is 0 Å². The Morgan fingerprint density at radius 1 is 0.289 bits per heavy atom. The van der Waals surface area contributed by atoms with Gasteiger partial charge in [0.15, 0.2) is 11.2 Å². The Bertz CT molecular complexity index is 5010. The molecule has 0 N–H and O–H groups in total. The number of nitrogens with zero attached hydrogens (tertiary/aromatic N) is 6. The number of hydrogen-bond acceptors (Lipinski definition) is 6. The monoisotopic (exact) mass is 972 g/mol. The number of furan rings is 2. The lowest BCUT2D eigenvalue weighted by atomic mass is 9.96. The van der Waals surface area contributed by atoms with Gasteiger partial charge in [0, 0.05) is 91.4 Å². The summed E-state index contributed by atoms with van der Waals surface area (Å²) in [6, 6.07) is 72.6. The first-order chi connectivity index (χ1) is 37.7. The lowest BCUT2D eigenvalue weighted by molar-refractivity contribution is 0.666. The summed E-state index contributed by atoms with van der Waals surface area (Å²) in [5.41, 5.74) is 20.2. The Morgan fingerprint density at radius 3 is 1.22 bits per heavy atom. The van der Waals surface area contributed by atoms with Gasteiger partial charge in [-0.25, -0.2) is 0 Å². The zero-order valence-corrected chi connectivity index (χ0v) is 40.6. The first-order valence-corrected chi connectivity index (χ1v) is 25.4. The smallest absolute Gasteiger partial charge is 0.159 e. The van der Waals surface area contributed by atoms with E-state index in [9.17, 15) is 0 Å². The van der Waals surface area contributed by atoms with E-state index in [1.54, 1.807) is 0 Å². The van der Waals surface area contributed by atoms with Crippen LogP contribution >= 0.6 is 0 Å². The van der Waals surface area contributed by atoms with Crippen LogP contribution in [0.2, 0.25) is 0 Å². The van der Waals surface area contributed by atoms with Crippen LogP contribution in [0.1, 0.15) is 0 Å². The summed E-state index contributed by atoms with van der Waals surface area (Å²) >= 11 is 0. The Morgan fingerprint density at radius 2 is 0.711 bits per heavy atom. The minimum atomic E-state index is 0.824. The van der Waals surface area contributed by atoms with Crippen LogP contribution in [0.15, 0.2) is 252 Å². The van der Waals surface area contributed by atoms with Gasteiger partial charge in [0.2, 0.25) is 0 Å². The number of para-hydroxylation sites is 2. The summed E-state index contributed by atoms with van der Waals surface area (Å²) in [5.74, 6) is 0. The van der Waals surface area contributed by atoms with Crippen molar-refractivity contribution in [2.75, 3.05) is 0 Å². The first-order valence-electron chi connectivity index (χ1n) is 25.4. The summed E-state index contributed by atoms with van der Waals surface area (Å²) in [6.07, 6.45) is 11.4. The van der Waals surface area contributed by atoms with Crippen LogP contribution in [-0.4, -0.2) is 29.1 Å². The molecule has 0 aliphatic carbocycles. The highest BCUT2D eigenvalue weighted by atomic mass is 16.3. The number of rotatable bonds is 7. The van der Waals surface area contributed by atoms with Gasteiger partial charge in [-0.1, -0.05) is 109 Å². The average molecular weight is 973 g/mol. The molecule has 8 aromatic carbocycles. The third-order valence-corrected chi connectivity index (χ3v) is 15.3. The minimum Gasteiger partial charge on any atom is -0.454 e. The van der Waals surface area contributed by atoms with Crippen LogP contribution in [0, 0.1) is 0 Å². The molecule has 354 valence electrons. The van der Waals surface area contributed by atoms with Gasteiger partial charge in [-0.15, -0.1) is 0 Å². The molecule has 0 bridgehead atoms. The molecule has 0 amide bonds. The van der Waals surface area contributed by atoms with Gasteiger partial charge in [0.25, 0.3) is 0 Å². The van der Waals surface area contributed by atoms with Gasteiger partial charge < -0.3 is 18.0 Å². The van der Waals surface area contributed by atoms with Crippen molar-refractivity contribution < 1.29 is 8.83 Å². The molecule has 0 saturated heterocycles. The van der Waals surface area contributed by atoms with Crippen molar-refractivity contribution in [2.24, 2.45) is 0 Å². The molecule has 16 rings (SSSR count). The maximum atomic E-state index is 6.88. The molecule has 8 heterocycles. The Kier molecular flexibility index (Phi) is 9.17. The van der Waals surface area contributed by atoms with Crippen LogP contribution in [0.4, 0.5) is 0 Å². The fraction of sp³-hybridized carbons (Fsp3) is 0. The molecular weight excluding hydrogens is 933 g/mol. The Hall–Kier alpha value is -10.4. The van der Waals surface area contributed by atoms with Crippen molar-refractivity contribution in [3.8, 4) is 67.3 Å². The maximum Gasteiger partial charge on any atom is 0.159 e. The zero-order chi connectivity index (χ0) is 49.8. The number of benzene rings is 8. The molecular formula is C68H40N6O2. The van der Waals surface area contributed by atoms with Gasteiger partial charge in [0.1, 0.15) is 11.2 Å². The van der Waals surface area contributed by atoms with Crippen molar-refractivity contribution in [1.29, 1.82) is 0 Å². The third kappa shape index (κ3) is 6.37. The second-order valence-corrected chi connectivity index (χ2v) is 19.4.